The van der Waals surface area contributed by atoms with E-state index in [2.05, 4.69) is 5.92 Å². The molecule has 1 aliphatic heterocycles. The van der Waals surface area contributed by atoms with Gasteiger partial charge < -0.3 is 5.11 Å². The van der Waals surface area contributed by atoms with Gasteiger partial charge >= 0.3 is 0 Å². The number of thioether (sulfide) groups is 1. The lowest BCUT2D eigenvalue weighted by molar-refractivity contribution is 0.146. The summed E-state index contributed by atoms with van der Waals surface area (Å²) in [6.45, 7) is 0. The standard InChI is InChI=1S/C8H12OS/c1-2-3-4-7-5-10-6-8(7)9/h1,7-9H,3-6H2. The van der Waals surface area contributed by atoms with E-state index < -0.39 is 0 Å². The molecule has 1 nitrogen and oxygen atoms in total. The Hall–Kier alpha value is -0.130. The fourth-order valence-electron chi connectivity index (χ4n) is 1.13. The second-order valence-corrected chi connectivity index (χ2v) is 3.68. The topological polar surface area (TPSA) is 20.2 Å². The minimum atomic E-state index is -0.0988. The summed E-state index contributed by atoms with van der Waals surface area (Å²) >= 11 is 1.82. The molecule has 0 aliphatic carbocycles. The highest BCUT2D eigenvalue weighted by molar-refractivity contribution is 7.99. The van der Waals surface area contributed by atoms with Crippen molar-refractivity contribution >= 4 is 11.8 Å². The molecular weight excluding hydrogens is 144 g/mol. The molecule has 1 N–H and O–H groups in total. The monoisotopic (exact) mass is 156 g/mol. The molecule has 0 aromatic carbocycles. The second-order valence-electron chi connectivity index (χ2n) is 2.61. The zero-order valence-electron chi connectivity index (χ0n) is 5.92. The van der Waals surface area contributed by atoms with Crippen LogP contribution in [0.5, 0.6) is 0 Å². The molecule has 0 aromatic rings. The van der Waals surface area contributed by atoms with Crippen LogP contribution in [0.15, 0.2) is 0 Å². The number of aliphatic hydroxyl groups is 1. The maximum atomic E-state index is 9.33. The van der Waals surface area contributed by atoms with E-state index in [0.717, 1.165) is 24.3 Å². The summed E-state index contributed by atoms with van der Waals surface area (Å²) in [6.07, 6.45) is 6.81. The van der Waals surface area contributed by atoms with Gasteiger partial charge in [0.2, 0.25) is 0 Å². The third-order valence-electron chi connectivity index (χ3n) is 1.82. The van der Waals surface area contributed by atoms with Crippen molar-refractivity contribution in [1.82, 2.24) is 0 Å². The van der Waals surface area contributed by atoms with E-state index in [1.165, 1.54) is 0 Å². The average molecular weight is 156 g/mol. The van der Waals surface area contributed by atoms with Crippen molar-refractivity contribution in [1.29, 1.82) is 0 Å². The quantitative estimate of drug-likeness (QED) is 0.605. The zero-order chi connectivity index (χ0) is 7.40. The average Bonchev–Trinajstić information content (AvgIpc) is 2.31. The molecule has 2 atom stereocenters. The molecule has 1 saturated heterocycles. The van der Waals surface area contributed by atoms with E-state index in [9.17, 15) is 5.11 Å². The lowest BCUT2D eigenvalue weighted by atomic mass is 10.0. The van der Waals surface area contributed by atoms with Crippen LogP contribution in [0, 0.1) is 18.3 Å². The van der Waals surface area contributed by atoms with E-state index in [1.807, 2.05) is 11.8 Å². The van der Waals surface area contributed by atoms with Crippen molar-refractivity contribution in [2.75, 3.05) is 11.5 Å². The van der Waals surface area contributed by atoms with Crippen LogP contribution in [0.4, 0.5) is 0 Å². The van der Waals surface area contributed by atoms with Crippen molar-refractivity contribution in [3.05, 3.63) is 0 Å². The Labute approximate surface area is 66.2 Å². The number of rotatable bonds is 2. The van der Waals surface area contributed by atoms with Crippen LogP contribution in [0.2, 0.25) is 0 Å². The largest absolute Gasteiger partial charge is 0.392 e. The molecule has 1 aliphatic rings. The van der Waals surface area contributed by atoms with Crippen molar-refractivity contribution in [2.45, 2.75) is 18.9 Å². The van der Waals surface area contributed by atoms with Gasteiger partial charge in [0.15, 0.2) is 0 Å². The molecule has 10 heavy (non-hydrogen) atoms. The summed E-state index contributed by atoms with van der Waals surface area (Å²) in [5.74, 6) is 5.04. The highest BCUT2D eigenvalue weighted by Crippen LogP contribution is 2.27. The predicted octanol–water partition coefficient (Wildman–Crippen LogP) is 1.12. The number of terminal acetylenes is 1. The van der Waals surface area contributed by atoms with Crippen molar-refractivity contribution in [3.63, 3.8) is 0 Å². The second kappa shape index (κ2) is 3.90. The van der Waals surface area contributed by atoms with Crippen molar-refractivity contribution in [3.8, 4) is 12.3 Å². The SMILES string of the molecule is C#CCCC1CSCC1O. The third-order valence-corrected chi connectivity index (χ3v) is 3.07. The number of hydrogen-bond acceptors (Lipinski definition) is 2. The van der Waals surface area contributed by atoms with Crippen LogP contribution < -0.4 is 0 Å². The van der Waals surface area contributed by atoms with Crippen LogP contribution in [-0.2, 0) is 0 Å². The van der Waals surface area contributed by atoms with Crippen LogP contribution >= 0.6 is 11.8 Å². The normalized spacial score (nSPS) is 32.0. The first kappa shape index (κ1) is 7.97. The molecule has 0 saturated carbocycles. The molecule has 1 rings (SSSR count). The molecule has 0 radical (unpaired) electrons. The molecule has 2 heteroatoms. The Morgan fingerprint density at radius 2 is 2.40 bits per heavy atom. The Morgan fingerprint density at radius 1 is 1.60 bits per heavy atom. The zero-order valence-corrected chi connectivity index (χ0v) is 6.73. The van der Waals surface area contributed by atoms with E-state index in [1.54, 1.807) is 0 Å². The fraction of sp³-hybridized carbons (Fsp3) is 0.750. The molecular formula is C8H12OS. The van der Waals surface area contributed by atoms with Crippen LogP contribution in [0.1, 0.15) is 12.8 Å². The first-order valence-electron chi connectivity index (χ1n) is 3.54. The van der Waals surface area contributed by atoms with E-state index in [4.69, 9.17) is 6.42 Å². The maximum absolute atomic E-state index is 9.33. The highest BCUT2D eigenvalue weighted by Gasteiger charge is 2.24. The maximum Gasteiger partial charge on any atom is 0.0666 e. The number of aliphatic hydroxyl groups excluding tert-OH is 1. The minimum absolute atomic E-state index is 0.0988. The van der Waals surface area contributed by atoms with E-state index >= 15 is 0 Å². The molecule has 1 heterocycles. The van der Waals surface area contributed by atoms with Crippen molar-refractivity contribution in [2.24, 2.45) is 5.92 Å². The van der Waals surface area contributed by atoms with Gasteiger partial charge in [-0.05, 0) is 18.1 Å². The van der Waals surface area contributed by atoms with Crippen LogP contribution in [0.3, 0.4) is 0 Å². The molecule has 2 unspecified atom stereocenters. The first-order chi connectivity index (χ1) is 4.84. The van der Waals surface area contributed by atoms with Gasteiger partial charge in [0.25, 0.3) is 0 Å². The lowest BCUT2D eigenvalue weighted by Gasteiger charge is -2.10. The third kappa shape index (κ3) is 1.93. The summed E-state index contributed by atoms with van der Waals surface area (Å²) in [7, 11) is 0. The molecule has 0 amide bonds. The minimum Gasteiger partial charge on any atom is -0.392 e. The highest BCUT2D eigenvalue weighted by atomic mass is 32.2. The number of hydrogen-bond donors (Lipinski definition) is 1. The molecule has 56 valence electrons. The van der Waals surface area contributed by atoms with Gasteiger partial charge in [-0.25, -0.2) is 0 Å². The molecule has 1 fully saturated rings. The summed E-state index contributed by atoms with van der Waals surface area (Å²) in [4.78, 5) is 0. The summed E-state index contributed by atoms with van der Waals surface area (Å²) < 4.78 is 0. The predicted molar refractivity (Wildman–Crippen MR) is 44.9 cm³/mol. The molecule has 0 bridgehead atoms. The van der Waals surface area contributed by atoms with Crippen molar-refractivity contribution < 1.29 is 5.11 Å². The Kier molecular flexibility index (Phi) is 3.11. The Balaban J connectivity index is 2.21. The van der Waals surface area contributed by atoms with Gasteiger partial charge in [-0.1, -0.05) is 0 Å². The van der Waals surface area contributed by atoms with E-state index in [0.29, 0.717) is 5.92 Å². The van der Waals surface area contributed by atoms with Gasteiger partial charge in [-0.2, -0.15) is 11.8 Å². The molecule has 0 spiro atoms. The first-order valence-corrected chi connectivity index (χ1v) is 4.69. The Morgan fingerprint density at radius 3 is 2.90 bits per heavy atom. The van der Waals surface area contributed by atoms with Crippen LogP contribution in [0.25, 0.3) is 0 Å². The van der Waals surface area contributed by atoms with E-state index in [-0.39, 0.29) is 6.10 Å². The van der Waals surface area contributed by atoms with Gasteiger partial charge in [-0.3, -0.25) is 0 Å². The Bertz CT molecular complexity index is 139. The fourth-order valence-corrected chi connectivity index (χ4v) is 2.47. The van der Waals surface area contributed by atoms with Gasteiger partial charge in [0.05, 0.1) is 6.10 Å². The summed E-state index contributed by atoms with van der Waals surface area (Å²) in [5.41, 5.74) is 0. The van der Waals surface area contributed by atoms with Gasteiger partial charge in [0, 0.05) is 12.2 Å². The smallest absolute Gasteiger partial charge is 0.0666 e. The van der Waals surface area contributed by atoms with Gasteiger partial charge in [-0.15, -0.1) is 12.3 Å². The molecule has 0 aromatic heterocycles. The summed E-state index contributed by atoms with van der Waals surface area (Å²) in [6, 6.07) is 0. The lowest BCUT2D eigenvalue weighted by Crippen LogP contribution is -2.17. The summed E-state index contributed by atoms with van der Waals surface area (Å²) in [5, 5.41) is 9.33. The van der Waals surface area contributed by atoms with Gasteiger partial charge in [0.1, 0.15) is 0 Å². The van der Waals surface area contributed by atoms with Crippen LogP contribution in [-0.4, -0.2) is 22.7 Å².